The van der Waals surface area contributed by atoms with Crippen LogP contribution in [0.4, 0.5) is 0 Å². The summed E-state index contributed by atoms with van der Waals surface area (Å²) >= 11 is 0. The van der Waals surface area contributed by atoms with Gasteiger partial charge in [-0.2, -0.15) is 0 Å². The van der Waals surface area contributed by atoms with Gasteiger partial charge in [-0.1, -0.05) is 32.6 Å². The SMILES string of the molecule is CCCC1CCC(N)(C2CCCC2)CC1. The second-order valence-electron chi connectivity index (χ2n) is 5.95. The van der Waals surface area contributed by atoms with Gasteiger partial charge < -0.3 is 5.73 Å². The van der Waals surface area contributed by atoms with Crippen LogP contribution in [0.2, 0.25) is 0 Å². The summed E-state index contributed by atoms with van der Waals surface area (Å²) in [6.45, 7) is 2.31. The van der Waals surface area contributed by atoms with Crippen molar-refractivity contribution in [1.29, 1.82) is 0 Å². The van der Waals surface area contributed by atoms with Crippen LogP contribution in [0, 0.1) is 11.8 Å². The topological polar surface area (TPSA) is 26.0 Å². The molecule has 0 bridgehead atoms. The molecule has 0 spiro atoms. The molecule has 2 N–H and O–H groups in total. The zero-order chi connectivity index (χ0) is 10.7. The van der Waals surface area contributed by atoms with E-state index in [4.69, 9.17) is 5.73 Å². The van der Waals surface area contributed by atoms with Crippen LogP contribution in [-0.4, -0.2) is 5.54 Å². The number of nitrogens with two attached hydrogens (primary N) is 1. The van der Waals surface area contributed by atoms with E-state index in [1.165, 1.54) is 64.2 Å². The first-order chi connectivity index (χ1) is 7.24. The van der Waals surface area contributed by atoms with Crippen LogP contribution in [0.15, 0.2) is 0 Å². The van der Waals surface area contributed by atoms with Gasteiger partial charge in [0, 0.05) is 5.54 Å². The highest BCUT2D eigenvalue weighted by molar-refractivity contribution is 4.96. The van der Waals surface area contributed by atoms with Crippen LogP contribution in [0.5, 0.6) is 0 Å². The highest BCUT2D eigenvalue weighted by atomic mass is 14.8. The van der Waals surface area contributed by atoms with Crippen LogP contribution >= 0.6 is 0 Å². The van der Waals surface area contributed by atoms with Crippen molar-refractivity contribution in [3.05, 3.63) is 0 Å². The van der Waals surface area contributed by atoms with Gasteiger partial charge >= 0.3 is 0 Å². The van der Waals surface area contributed by atoms with Crippen LogP contribution < -0.4 is 5.73 Å². The minimum Gasteiger partial charge on any atom is -0.325 e. The lowest BCUT2D eigenvalue weighted by Gasteiger charge is -2.41. The van der Waals surface area contributed by atoms with E-state index in [0.717, 1.165) is 11.8 Å². The Morgan fingerprint density at radius 2 is 1.67 bits per heavy atom. The van der Waals surface area contributed by atoms with Crippen LogP contribution in [0.3, 0.4) is 0 Å². The second kappa shape index (κ2) is 4.86. The lowest BCUT2D eigenvalue weighted by Crippen LogP contribution is -2.48. The van der Waals surface area contributed by atoms with E-state index in [0.29, 0.717) is 0 Å². The van der Waals surface area contributed by atoms with E-state index >= 15 is 0 Å². The van der Waals surface area contributed by atoms with Crippen molar-refractivity contribution in [2.75, 3.05) is 0 Å². The third kappa shape index (κ3) is 2.55. The van der Waals surface area contributed by atoms with Crippen molar-refractivity contribution in [2.45, 2.75) is 76.7 Å². The summed E-state index contributed by atoms with van der Waals surface area (Å²) in [5, 5.41) is 0. The molecule has 0 saturated heterocycles. The molecule has 2 saturated carbocycles. The minimum atomic E-state index is 0.237. The third-order valence-corrected chi connectivity index (χ3v) is 4.90. The van der Waals surface area contributed by atoms with Gasteiger partial charge in [-0.3, -0.25) is 0 Å². The van der Waals surface area contributed by atoms with Gasteiger partial charge in [-0.25, -0.2) is 0 Å². The van der Waals surface area contributed by atoms with E-state index in [1.807, 2.05) is 0 Å². The number of hydrogen-bond acceptors (Lipinski definition) is 1. The Morgan fingerprint density at radius 3 is 2.20 bits per heavy atom. The van der Waals surface area contributed by atoms with E-state index < -0.39 is 0 Å². The quantitative estimate of drug-likeness (QED) is 0.750. The Hall–Kier alpha value is -0.0400. The molecule has 0 aromatic rings. The predicted molar refractivity (Wildman–Crippen MR) is 65.7 cm³/mol. The maximum Gasteiger partial charge on any atom is 0.0183 e. The fraction of sp³-hybridized carbons (Fsp3) is 1.00. The molecular formula is C14H27N. The third-order valence-electron chi connectivity index (χ3n) is 4.90. The number of rotatable bonds is 3. The van der Waals surface area contributed by atoms with Gasteiger partial charge in [-0.15, -0.1) is 0 Å². The molecule has 0 heterocycles. The largest absolute Gasteiger partial charge is 0.325 e. The molecule has 2 rings (SSSR count). The van der Waals surface area contributed by atoms with Crippen LogP contribution in [0.25, 0.3) is 0 Å². The molecule has 0 aliphatic heterocycles. The molecule has 0 atom stereocenters. The number of hydrogen-bond donors (Lipinski definition) is 1. The summed E-state index contributed by atoms with van der Waals surface area (Å²) in [5.74, 6) is 1.85. The van der Waals surface area contributed by atoms with Gasteiger partial charge in [0.1, 0.15) is 0 Å². The Kier molecular flexibility index (Phi) is 3.71. The van der Waals surface area contributed by atoms with Gasteiger partial charge in [0.05, 0.1) is 0 Å². The normalized spacial score (nSPS) is 38.4. The highest BCUT2D eigenvalue weighted by Crippen LogP contribution is 2.43. The Labute approximate surface area is 94.8 Å². The first kappa shape index (κ1) is 11.4. The molecule has 88 valence electrons. The fourth-order valence-corrected chi connectivity index (χ4v) is 3.82. The van der Waals surface area contributed by atoms with Crippen molar-refractivity contribution in [3.8, 4) is 0 Å². The molecule has 2 aliphatic carbocycles. The van der Waals surface area contributed by atoms with Gasteiger partial charge in [0.15, 0.2) is 0 Å². The van der Waals surface area contributed by atoms with Gasteiger partial charge in [-0.05, 0) is 50.4 Å². The highest BCUT2D eigenvalue weighted by Gasteiger charge is 2.39. The zero-order valence-corrected chi connectivity index (χ0v) is 10.3. The summed E-state index contributed by atoms with van der Waals surface area (Å²) in [6.07, 6.45) is 13.9. The van der Waals surface area contributed by atoms with Crippen molar-refractivity contribution < 1.29 is 0 Å². The zero-order valence-electron chi connectivity index (χ0n) is 10.3. The molecule has 2 fully saturated rings. The Morgan fingerprint density at radius 1 is 1.07 bits per heavy atom. The van der Waals surface area contributed by atoms with E-state index in [2.05, 4.69) is 6.92 Å². The van der Waals surface area contributed by atoms with E-state index in [-0.39, 0.29) is 5.54 Å². The molecule has 0 aromatic carbocycles. The van der Waals surface area contributed by atoms with Crippen molar-refractivity contribution in [2.24, 2.45) is 17.6 Å². The lowest BCUT2D eigenvalue weighted by atomic mass is 9.69. The monoisotopic (exact) mass is 209 g/mol. The molecule has 0 aromatic heterocycles. The fourth-order valence-electron chi connectivity index (χ4n) is 3.82. The van der Waals surface area contributed by atoms with Crippen molar-refractivity contribution in [3.63, 3.8) is 0 Å². The van der Waals surface area contributed by atoms with E-state index in [1.54, 1.807) is 0 Å². The lowest BCUT2D eigenvalue weighted by molar-refractivity contribution is 0.158. The summed E-state index contributed by atoms with van der Waals surface area (Å²) in [6, 6.07) is 0. The maximum absolute atomic E-state index is 6.62. The van der Waals surface area contributed by atoms with Crippen molar-refractivity contribution >= 4 is 0 Å². The summed E-state index contributed by atoms with van der Waals surface area (Å²) < 4.78 is 0. The Balaban J connectivity index is 1.84. The average Bonchev–Trinajstić information content (AvgIpc) is 2.76. The maximum atomic E-state index is 6.62. The van der Waals surface area contributed by atoms with E-state index in [9.17, 15) is 0 Å². The van der Waals surface area contributed by atoms with Gasteiger partial charge in [0.2, 0.25) is 0 Å². The van der Waals surface area contributed by atoms with Crippen LogP contribution in [-0.2, 0) is 0 Å². The first-order valence-corrected chi connectivity index (χ1v) is 7.03. The molecule has 0 radical (unpaired) electrons. The molecule has 1 nitrogen and oxygen atoms in total. The summed E-state index contributed by atoms with van der Waals surface area (Å²) in [4.78, 5) is 0. The molecule has 0 unspecified atom stereocenters. The molecule has 2 aliphatic rings. The first-order valence-electron chi connectivity index (χ1n) is 7.03. The predicted octanol–water partition coefficient (Wildman–Crippen LogP) is 3.86. The van der Waals surface area contributed by atoms with Gasteiger partial charge in [0.25, 0.3) is 0 Å². The molecular weight excluding hydrogens is 182 g/mol. The minimum absolute atomic E-state index is 0.237. The second-order valence-corrected chi connectivity index (χ2v) is 5.95. The van der Waals surface area contributed by atoms with Crippen molar-refractivity contribution in [1.82, 2.24) is 0 Å². The standard InChI is InChI=1S/C14H27N/c1-2-5-12-8-10-14(15,11-9-12)13-6-3-4-7-13/h12-13H,2-11,15H2,1H3. The summed E-state index contributed by atoms with van der Waals surface area (Å²) in [7, 11) is 0. The van der Waals surface area contributed by atoms with Crippen LogP contribution in [0.1, 0.15) is 71.1 Å². The molecule has 0 amide bonds. The smallest absolute Gasteiger partial charge is 0.0183 e. The summed E-state index contributed by atoms with van der Waals surface area (Å²) in [5.41, 5.74) is 6.86. The molecule has 1 heteroatoms. The Bertz CT molecular complexity index is 186. The molecule has 15 heavy (non-hydrogen) atoms. The average molecular weight is 209 g/mol.